The lowest BCUT2D eigenvalue weighted by atomic mass is 9.66. The Morgan fingerprint density at radius 2 is 1.80 bits per heavy atom. The molecule has 15 heavy (non-hydrogen) atoms. The van der Waals surface area contributed by atoms with E-state index in [1.54, 1.807) is 0 Å². The molecule has 2 fully saturated rings. The number of hydrogen-bond donors (Lipinski definition) is 1. The van der Waals surface area contributed by atoms with Gasteiger partial charge in [0.05, 0.1) is 13.2 Å². The van der Waals surface area contributed by atoms with Crippen molar-refractivity contribution in [3.63, 3.8) is 0 Å². The zero-order chi connectivity index (χ0) is 10.4. The second kappa shape index (κ2) is 3.06. The van der Waals surface area contributed by atoms with Gasteiger partial charge >= 0.3 is 0 Å². The maximum atomic E-state index is 5.95. The summed E-state index contributed by atoms with van der Waals surface area (Å²) in [4.78, 5) is 0. The minimum Gasteiger partial charge on any atom is -0.379 e. The predicted octanol–water partition coefficient (Wildman–Crippen LogP) is 1.69. The van der Waals surface area contributed by atoms with Crippen LogP contribution in [0.15, 0.2) is 30.3 Å². The summed E-state index contributed by atoms with van der Waals surface area (Å²) in [6.45, 7) is 2.51. The van der Waals surface area contributed by atoms with Gasteiger partial charge in [0.15, 0.2) is 0 Å². The number of nitrogens with two attached hydrogens (primary N) is 1. The highest BCUT2D eigenvalue weighted by molar-refractivity contribution is 5.34. The Kier molecular flexibility index (Phi) is 1.91. The largest absolute Gasteiger partial charge is 0.379 e. The zero-order valence-corrected chi connectivity index (χ0v) is 8.91. The molecular formula is C13H17NO. The van der Waals surface area contributed by atoms with E-state index in [1.165, 1.54) is 18.4 Å². The summed E-state index contributed by atoms with van der Waals surface area (Å²) in [5, 5.41) is 0. The second-order valence-electron chi connectivity index (χ2n) is 4.93. The van der Waals surface area contributed by atoms with Crippen LogP contribution in [0.2, 0.25) is 0 Å². The fourth-order valence-electron chi connectivity index (χ4n) is 2.87. The SMILES string of the molecule is NCC1(C2(c3ccccc3)COC2)CC1. The smallest absolute Gasteiger partial charge is 0.0591 e. The van der Waals surface area contributed by atoms with E-state index < -0.39 is 0 Å². The van der Waals surface area contributed by atoms with Gasteiger partial charge in [-0.15, -0.1) is 0 Å². The molecule has 0 aromatic heterocycles. The number of benzene rings is 1. The average Bonchev–Trinajstić information content (AvgIpc) is 2.99. The van der Waals surface area contributed by atoms with Crippen LogP contribution in [-0.4, -0.2) is 19.8 Å². The predicted molar refractivity (Wildman–Crippen MR) is 59.7 cm³/mol. The van der Waals surface area contributed by atoms with Crippen LogP contribution in [0.4, 0.5) is 0 Å². The lowest BCUT2D eigenvalue weighted by Gasteiger charge is -2.48. The zero-order valence-electron chi connectivity index (χ0n) is 8.91. The van der Waals surface area contributed by atoms with Gasteiger partial charge in [-0.25, -0.2) is 0 Å². The molecule has 0 spiro atoms. The van der Waals surface area contributed by atoms with Gasteiger partial charge in [-0.05, 0) is 30.4 Å². The first kappa shape index (κ1) is 9.37. The highest BCUT2D eigenvalue weighted by atomic mass is 16.5. The van der Waals surface area contributed by atoms with Crippen molar-refractivity contribution in [1.82, 2.24) is 0 Å². The molecule has 0 bridgehead atoms. The van der Waals surface area contributed by atoms with Crippen LogP contribution >= 0.6 is 0 Å². The van der Waals surface area contributed by atoms with Gasteiger partial charge in [0, 0.05) is 5.41 Å². The molecule has 2 aliphatic rings. The van der Waals surface area contributed by atoms with E-state index in [9.17, 15) is 0 Å². The molecule has 3 rings (SSSR count). The number of ether oxygens (including phenoxy) is 1. The third kappa shape index (κ3) is 1.12. The lowest BCUT2D eigenvalue weighted by molar-refractivity contribution is -0.0972. The Morgan fingerprint density at radius 1 is 1.13 bits per heavy atom. The molecule has 0 unspecified atom stereocenters. The van der Waals surface area contributed by atoms with Crippen molar-refractivity contribution in [2.24, 2.45) is 11.1 Å². The van der Waals surface area contributed by atoms with Crippen molar-refractivity contribution in [2.45, 2.75) is 18.3 Å². The van der Waals surface area contributed by atoms with Crippen LogP contribution in [0, 0.1) is 5.41 Å². The molecule has 1 saturated heterocycles. The van der Waals surface area contributed by atoms with Crippen LogP contribution in [0.5, 0.6) is 0 Å². The quantitative estimate of drug-likeness (QED) is 0.811. The van der Waals surface area contributed by atoms with E-state index in [4.69, 9.17) is 10.5 Å². The molecule has 1 aromatic carbocycles. The first-order valence-corrected chi connectivity index (χ1v) is 5.66. The maximum Gasteiger partial charge on any atom is 0.0591 e. The minimum atomic E-state index is 0.225. The van der Waals surface area contributed by atoms with Gasteiger partial charge in [-0.2, -0.15) is 0 Å². The monoisotopic (exact) mass is 203 g/mol. The Balaban J connectivity index is 2.00. The van der Waals surface area contributed by atoms with Crippen LogP contribution < -0.4 is 5.73 Å². The van der Waals surface area contributed by atoms with E-state index in [-0.39, 0.29) is 5.41 Å². The molecule has 1 aliphatic heterocycles. The first-order chi connectivity index (χ1) is 7.33. The van der Waals surface area contributed by atoms with Gasteiger partial charge in [-0.3, -0.25) is 0 Å². The first-order valence-electron chi connectivity index (χ1n) is 5.66. The van der Waals surface area contributed by atoms with Gasteiger partial charge in [0.1, 0.15) is 0 Å². The van der Waals surface area contributed by atoms with E-state index in [0.29, 0.717) is 5.41 Å². The van der Waals surface area contributed by atoms with Crippen molar-refractivity contribution in [2.75, 3.05) is 19.8 Å². The van der Waals surface area contributed by atoms with Crippen molar-refractivity contribution in [3.8, 4) is 0 Å². The molecule has 80 valence electrons. The van der Waals surface area contributed by atoms with Gasteiger partial charge < -0.3 is 10.5 Å². The average molecular weight is 203 g/mol. The molecule has 1 aromatic rings. The molecule has 1 saturated carbocycles. The highest BCUT2D eigenvalue weighted by Gasteiger charge is 2.62. The van der Waals surface area contributed by atoms with Crippen molar-refractivity contribution in [1.29, 1.82) is 0 Å². The summed E-state index contributed by atoms with van der Waals surface area (Å²) in [7, 11) is 0. The molecule has 1 aliphatic carbocycles. The normalized spacial score (nSPS) is 25.7. The van der Waals surface area contributed by atoms with Crippen molar-refractivity contribution >= 4 is 0 Å². The van der Waals surface area contributed by atoms with E-state index >= 15 is 0 Å². The fourth-order valence-corrected chi connectivity index (χ4v) is 2.87. The Labute approximate surface area is 90.4 Å². The summed E-state index contributed by atoms with van der Waals surface area (Å²) in [5.41, 5.74) is 7.93. The molecule has 2 N–H and O–H groups in total. The Hall–Kier alpha value is -0.860. The van der Waals surface area contributed by atoms with Crippen LogP contribution in [-0.2, 0) is 10.2 Å². The Morgan fingerprint density at radius 3 is 2.20 bits per heavy atom. The summed E-state index contributed by atoms with van der Waals surface area (Å²) < 4.78 is 5.47. The summed E-state index contributed by atoms with van der Waals surface area (Å²) in [6.07, 6.45) is 2.53. The van der Waals surface area contributed by atoms with E-state index in [2.05, 4.69) is 30.3 Å². The Bertz CT molecular complexity index is 352. The second-order valence-corrected chi connectivity index (χ2v) is 4.93. The molecule has 1 heterocycles. The van der Waals surface area contributed by atoms with Gasteiger partial charge in [-0.1, -0.05) is 30.3 Å². The van der Waals surface area contributed by atoms with Crippen LogP contribution in [0.1, 0.15) is 18.4 Å². The molecular weight excluding hydrogens is 186 g/mol. The number of rotatable bonds is 3. The lowest BCUT2D eigenvalue weighted by Crippen LogP contribution is -2.55. The minimum absolute atomic E-state index is 0.225. The van der Waals surface area contributed by atoms with E-state index in [1.807, 2.05) is 0 Å². The van der Waals surface area contributed by atoms with Gasteiger partial charge in [0.2, 0.25) is 0 Å². The molecule has 2 heteroatoms. The maximum absolute atomic E-state index is 5.95. The third-order valence-corrected chi connectivity index (χ3v) is 4.28. The summed E-state index contributed by atoms with van der Waals surface area (Å²) >= 11 is 0. The molecule has 2 nitrogen and oxygen atoms in total. The van der Waals surface area contributed by atoms with E-state index in [0.717, 1.165) is 19.8 Å². The van der Waals surface area contributed by atoms with Crippen LogP contribution in [0.3, 0.4) is 0 Å². The standard InChI is InChI=1S/C13H17NO/c14-8-12(6-7-12)13(9-15-10-13)11-4-2-1-3-5-11/h1-5H,6-10,14H2. The molecule has 0 radical (unpaired) electrons. The molecule has 0 amide bonds. The van der Waals surface area contributed by atoms with Crippen molar-refractivity contribution < 1.29 is 4.74 Å². The van der Waals surface area contributed by atoms with Crippen molar-refractivity contribution in [3.05, 3.63) is 35.9 Å². The number of hydrogen-bond acceptors (Lipinski definition) is 2. The topological polar surface area (TPSA) is 35.2 Å². The van der Waals surface area contributed by atoms with Crippen LogP contribution in [0.25, 0.3) is 0 Å². The van der Waals surface area contributed by atoms with Gasteiger partial charge in [0.25, 0.3) is 0 Å². The summed E-state index contributed by atoms with van der Waals surface area (Å²) in [5.74, 6) is 0. The molecule has 0 atom stereocenters. The summed E-state index contributed by atoms with van der Waals surface area (Å²) in [6, 6.07) is 10.7. The third-order valence-electron chi connectivity index (χ3n) is 4.28. The highest BCUT2D eigenvalue weighted by Crippen LogP contribution is 2.61. The fraction of sp³-hybridized carbons (Fsp3) is 0.538.